The lowest BCUT2D eigenvalue weighted by molar-refractivity contribution is 0.151. The van der Waals surface area contributed by atoms with Gasteiger partial charge in [0, 0.05) is 11.6 Å². The van der Waals surface area contributed by atoms with E-state index in [4.69, 9.17) is 5.73 Å². The Kier molecular flexibility index (Phi) is 5.65. The van der Waals surface area contributed by atoms with Gasteiger partial charge in [-0.2, -0.15) is 0 Å². The van der Waals surface area contributed by atoms with Crippen LogP contribution in [0.4, 0.5) is 8.78 Å². The number of hydrogen-bond donors (Lipinski definition) is 1. The van der Waals surface area contributed by atoms with Crippen LogP contribution in [0.15, 0.2) is 24.3 Å². The van der Waals surface area contributed by atoms with Crippen LogP contribution in [0.3, 0.4) is 0 Å². The molecule has 0 saturated carbocycles. The van der Waals surface area contributed by atoms with E-state index in [-0.39, 0.29) is 24.0 Å². The highest BCUT2D eigenvalue weighted by Crippen LogP contribution is 2.21. The van der Waals surface area contributed by atoms with E-state index in [0.717, 1.165) is 12.0 Å². The van der Waals surface area contributed by atoms with Crippen molar-refractivity contribution < 1.29 is 8.78 Å². The van der Waals surface area contributed by atoms with Crippen LogP contribution < -0.4 is 5.73 Å². The molecule has 2 N–H and O–H groups in total. The zero-order valence-electron chi connectivity index (χ0n) is 7.91. The van der Waals surface area contributed by atoms with Crippen LogP contribution in [0.25, 0.3) is 0 Å². The van der Waals surface area contributed by atoms with Crippen LogP contribution in [-0.4, -0.2) is 0 Å². The molecule has 0 spiro atoms. The molecule has 1 nitrogen and oxygen atoms in total. The summed E-state index contributed by atoms with van der Waals surface area (Å²) in [5.74, 6) is 0. The molecular formula is C10H14ClF2N. The van der Waals surface area contributed by atoms with E-state index in [1.807, 2.05) is 6.92 Å². The summed E-state index contributed by atoms with van der Waals surface area (Å²) >= 11 is 0. The first kappa shape index (κ1) is 13.3. The lowest BCUT2D eigenvalue weighted by Crippen LogP contribution is -2.08. The summed E-state index contributed by atoms with van der Waals surface area (Å²) in [7, 11) is 0. The predicted molar refractivity (Wildman–Crippen MR) is 55.9 cm³/mol. The van der Waals surface area contributed by atoms with Crippen LogP contribution in [0.5, 0.6) is 0 Å². The summed E-state index contributed by atoms with van der Waals surface area (Å²) < 4.78 is 24.3. The summed E-state index contributed by atoms with van der Waals surface area (Å²) in [6.07, 6.45) is -1.58. The summed E-state index contributed by atoms with van der Waals surface area (Å²) in [5.41, 5.74) is 6.69. The fourth-order valence-electron chi connectivity index (χ4n) is 1.12. The molecule has 0 aliphatic rings. The zero-order chi connectivity index (χ0) is 9.84. The Hall–Kier alpha value is -0.670. The first-order valence-corrected chi connectivity index (χ1v) is 4.28. The Morgan fingerprint density at radius 1 is 1.14 bits per heavy atom. The van der Waals surface area contributed by atoms with Crippen molar-refractivity contribution in [2.24, 2.45) is 5.73 Å². The summed E-state index contributed by atoms with van der Waals surface area (Å²) in [4.78, 5) is 0. The average molecular weight is 222 g/mol. The van der Waals surface area contributed by atoms with Crippen molar-refractivity contribution in [3.05, 3.63) is 35.4 Å². The summed E-state index contributed by atoms with van der Waals surface area (Å²) in [6.45, 7) is 1.96. The molecule has 4 heteroatoms. The minimum Gasteiger partial charge on any atom is -0.324 e. The van der Waals surface area contributed by atoms with Gasteiger partial charge in [0.25, 0.3) is 6.43 Å². The minimum absolute atomic E-state index is 0. The van der Waals surface area contributed by atoms with E-state index in [2.05, 4.69) is 0 Å². The number of alkyl halides is 2. The molecule has 14 heavy (non-hydrogen) atoms. The lowest BCUT2D eigenvalue weighted by atomic mass is 10.0. The van der Waals surface area contributed by atoms with Gasteiger partial charge >= 0.3 is 0 Å². The first-order valence-electron chi connectivity index (χ1n) is 4.28. The SMILES string of the molecule is CCC(N)c1ccc(C(F)F)cc1.Cl. The van der Waals surface area contributed by atoms with Crippen LogP contribution in [-0.2, 0) is 0 Å². The maximum Gasteiger partial charge on any atom is 0.263 e. The fraction of sp³-hybridized carbons (Fsp3) is 0.400. The monoisotopic (exact) mass is 221 g/mol. The van der Waals surface area contributed by atoms with E-state index < -0.39 is 6.43 Å². The number of benzene rings is 1. The maximum atomic E-state index is 12.2. The molecule has 1 rings (SSSR count). The largest absolute Gasteiger partial charge is 0.324 e. The molecule has 0 radical (unpaired) electrons. The van der Waals surface area contributed by atoms with Gasteiger partial charge in [0.15, 0.2) is 0 Å². The summed E-state index contributed by atoms with van der Waals surface area (Å²) in [6, 6.07) is 6.13. The lowest BCUT2D eigenvalue weighted by Gasteiger charge is -2.09. The van der Waals surface area contributed by atoms with E-state index in [1.165, 1.54) is 12.1 Å². The van der Waals surface area contributed by atoms with Gasteiger partial charge in [-0.15, -0.1) is 12.4 Å². The van der Waals surface area contributed by atoms with Gasteiger partial charge < -0.3 is 5.73 Å². The van der Waals surface area contributed by atoms with Gasteiger partial charge in [-0.1, -0.05) is 31.2 Å². The molecule has 1 atom stereocenters. The second-order valence-electron chi connectivity index (χ2n) is 2.98. The Labute approximate surface area is 88.7 Å². The number of nitrogens with two attached hydrogens (primary N) is 1. The smallest absolute Gasteiger partial charge is 0.263 e. The van der Waals surface area contributed by atoms with Crippen molar-refractivity contribution in [3.8, 4) is 0 Å². The molecule has 1 aromatic rings. The van der Waals surface area contributed by atoms with E-state index in [0.29, 0.717) is 0 Å². The number of rotatable bonds is 3. The molecule has 0 aromatic heterocycles. The molecule has 0 aliphatic heterocycles. The van der Waals surface area contributed by atoms with Crippen molar-refractivity contribution in [2.75, 3.05) is 0 Å². The highest BCUT2D eigenvalue weighted by atomic mass is 35.5. The van der Waals surface area contributed by atoms with Crippen molar-refractivity contribution in [2.45, 2.75) is 25.8 Å². The van der Waals surface area contributed by atoms with Gasteiger partial charge in [0.05, 0.1) is 0 Å². The van der Waals surface area contributed by atoms with E-state index in [1.54, 1.807) is 12.1 Å². The zero-order valence-corrected chi connectivity index (χ0v) is 8.73. The van der Waals surface area contributed by atoms with Crippen LogP contribution >= 0.6 is 12.4 Å². The molecule has 0 saturated heterocycles. The third-order valence-corrected chi connectivity index (χ3v) is 2.06. The molecular weight excluding hydrogens is 208 g/mol. The summed E-state index contributed by atoms with van der Waals surface area (Å²) in [5, 5.41) is 0. The highest BCUT2D eigenvalue weighted by molar-refractivity contribution is 5.85. The van der Waals surface area contributed by atoms with Gasteiger partial charge in [-0.05, 0) is 12.0 Å². The Balaban J connectivity index is 0.00000169. The van der Waals surface area contributed by atoms with Crippen LogP contribution in [0.2, 0.25) is 0 Å². The van der Waals surface area contributed by atoms with Crippen LogP contribution in [0.1, 0.15) is 36.9 Å². The average Bonchev–Trinajstić information content (AvgIpc) is 2.17. The molecule has 0 bridgehead atoms. The molecule has 0 amide bonds. The molecule has 1 aromatic carbocycles. The fourth-order valence-corrected chi connectivity index (χ4v) is 1.12. The Morgan fingerprint density at radius 3 is 1.93 bits per heavy atom. The number of hydrogen-bond acceptors (Lipinski definition) is 1. The third kappa shape index (κ3) is 3.24. The minimum atomic E-state index is -2.40. The van der Waals surface area contributed by atoms with Crippen molar-refractivity contribution >= 4 is 12.4 Å². The molecule has 80 valence electrons. The molecule has 0 fully saturated rings. The Morgan fingerprint density at radius 2 is 1.57 bits per heavy atom. The van der Waals surface area contributed by atoms with Gasteiger partial charge in [0.1, 0.15) is 0 Å². The highest BCUT2D eigenvalue weighted by Gasteiger charge is 2.07. The van der Waals surface area contributed by atoms with Crippen LogP contribution in [0, 0.1) is 0 Å². The maximum absolute atomic E-state index is 12.2. The second-order valence-corrected chi connectivity index (χ2v) is 2.98. The normalized spacial score (nSPS) is 12.4. The quantitative estimate of drug-likeness (QED) is 0.831. The molecule has 0 aliphatic carbocycles. The Bertz CT molecular complexity index is 261. The first-order chi connectivity index (χ1) is 6.15. The van der Waals surface area contributed by atoms with Gasteiger partial charge in [0.2, 0.25) is 0 Å². The van der Waals surface area contributed by atoms with E-state index >= 15 is 0 Å². The molecule has 0 heterocycles. The third-order valence-electron chi connectivity index (χ3n) is 2.06. The van der Waals surface area contributed by atoms with E-state index in [9.17, 15) is 8.78 Å². The van der Waals surface area contributed by atoms with Crippen molar-refractivity contribution in [1.29, 1.82) is 0 Å². The predicted octanol–water partition coefficient (Wildman–Crippen LogP) is 3.46. The van der Waals surface area contributed by atoms with Gasteiger partial charge in [-0.25, -0.2) is 8.78 Å². The number of halogens is 3. The topological polar surface area (TPSA) is 26.0 Å². The van der Waals surface area contributed by atoms with Crippen molar-refractivity contribution in [1.82, 2.24) is 0 Å². The van der Waals surface area contributed by atoms with Gasteiger partial charge in [-0.3, -0.25) is 0 Å². The molecule has 1 unspecified atom stereocenters. The second kappa shape index (κ2) is 5.94. The standard InChI is InChI=1S/C10H13F2N.ClH/c1-2-9(13)7-3-5-8(6-4-7)10(11)12;/h3-6,9-10H,2,13H2,1H3;1H. The van der Waals surface area contributed by atoms with Crippen molar-refractivity contribution in [3.63, 3.8) is 0 Å².